The van der Waals surface area contributed by atoms with Crippen molar-refractivity contribution < 1.29 is 26.4 Å². The van der Waals surface area contributed by atoms with Crippen molar-refractivity contribution in [3.8, 4) is 0 Å². The zero-order valence-corrected chi connectivity index (χ0v) is 9.29. The van der Waals surface area contributed by atoms with Gasteiger partial charge in [0.05, 0.1) is 6.04 Å². The van der Waals surface area contributed by atoms with E-state index >= 15 is 0 Å². The predicted molar refractivity (Wildman–Crippen MR) is 45.6 cm³/mol. The molecule has 0 aliphatic carbocycles. The molecule has 0 aromatic carbocycles. The largest absolute Gasteiger partial charge is 0.396 e. The molecule has 0 radical (unpaired) electrons. The molecule has 1 aliphatic rings. The molecule has 0 saturated carbocycles. The number of piperidine rings is 1. The molecule has 1 heterocycles. The van der Waals surface area contributed by atoms with Crippen LogP contribution in [0.4, 0.5) is 26.4 Å². The van der Waals surface area contributed by atoms with Crippen LogP contribution in [0.2, 0.25) is 0 Å². The highest BCUT2D eigenvalue weighted by molar-refractivity contribution is 5.13. The van der Waals surface area contributed by atoms with Crippen molar-refractivity contribution in [1.29, 1.82) is 0 Å². The summed E-state index contributed by atoms with van der Waals surface area (Å²) in [6.45, 7) is 3.31. The molecule has 16 heavy (non-hydrogen) atoms. The minimum Gasteiger partial charge on any atom is -0.237 e. The maximum atomic E-state index is 13.9. The molecule has 96 valence electrons. The van der Waals surface area contributed by atoms with Crippen LogP contribution in [0.3, 0.4) is 0 Å². The Balaban J connectivity index is 3.42. The van der Waals surface area contributed by atoms with E-state index in [2.05, 4.69) is 0 Å². The van der Waals surface area contributed by atoms with Crippen molar-refractivity contribution in [3.63, 3.8) is 0 Å². The molecule has 2 atom stereocenters. The second-order valence-corrected chi connectivity index (χ2v) is 4.83. The summed E-state index contributed by atoms with van der Waals surface area (Å²) in [5, 5.41) is -1.26. The summed E-state index contributed by atoms with van der Waals surface area (Å²) < 4.78 is 79.6. The van der Waals surface area contributed by atoms with Gasteiger partial charge in [0.2, 0.25) is 0 Å². The van der Waals surface area contributed by atoms with Gasteiger partial charge in [-0.1, -0.05) is 19.0 Å². The average molecular weight is 249 g/mol. The minimum absolute atomic E-state index is 0.379. The Kier molecular flexibility index (Phi) is 2.60. The first-order valence-electron chi connectivity index (χ1n) is 4.71. The van der Waals surface area contributed by atoms with E-state index in [1.165, 1.54) is 0 Å². The normalized spacial score (nSPS) is 42.0. The van der Waals surface area contributed by atoms with E-state index in [-0.39, 0.29) is 0 Å². The van der Waals surface area contributed by atoms with Crippen molar-refractivity contribution in [1.82, 2.24) is 5.12 Å². The van der Waals surface area contributed by atoms with Crippen molar-refractivity contribution in [2.45, 2.75) is 51.4 Å². The second-order valence-electron chi connectivity index (χ2n) is 4.83. The van der Waals surface area contributed by atoms with Crippen LogP contribution in [-0.4, -0.2) is 28.8 Å². The van der Waals surface area contributed by atoms with E-state index < -0.39 is 34.2 Å². The fourth-order valence-corrected chi connectivity index (χ4v) is 1.74. The van der Waals surface area contributed by atoms with Crippen LogP contribution in [-0.2, 0) is 0 Å². The third-order valence-corrected chi connectivity index (χ3v) is 3.83. The van der Waals surface area contributed by atoms with Crippen molar-refractivity contribution in [3.05, 3.63) is 0 Å². The van der Waals surface area contributed by atoms with Gasteiger partial charge in [-0.15, -0.1) is 4.48 Å². The quantitative estimate of drug-likeness (QED) is 0.360. The first kappa shape index (κ1) is 13.6. The molecule has 1 rings (SSSR count). The van der Waals surface area contributed by atoms with Gasteiger partial charge in [0, 0.05) is 5.41 Å². The summed E-state index contributed by atoms with van der Waals surface area (Å²) in [7, 11) is 0. The Hall–Kier alpha value is -0.460. The number of nitrogens with zero attached hydrogens (tertiary/aromatic N) is 1. The monoisotopic (exact) mass is 249 g/mol. The number of rotatable bonds is 0. The van der Waals surface area contributed by atoms with Crippen LogP contribution < -0.4 is 0 Å². The lowest BCUT2D eigenvalue weighted by Crippen LogP contribution is -2.75. The van der Waals surface area contributed by atoms with Gasteiger partial charge in [-0.25, -0.2) is 4.39 Å². The summed E-state index contributed by atoms with van der Waals surface area (Å²) in [5.74, 6) is -5.09. The van der Waals surface area contributed by atoms with Crippen molar-refractivity contribution in [2.24, 2.45) is 5.41 Å². The molecule has 1 fully saturated rings. The molecule has 0 aromatic rings. The highest BCUT2D eigenvalue weighted by Crippen LogP contribution is 2.60. The predicted octanol–water partition coefficient (Wildman–Crippen LogP) is 3.56. The van der Waals surface area contributed by atoms with Gasteiger partial charge in [0.15, 0.2) is 5.67 Å². The number of hydrogen-bond donors (Lipinski definition) is 0. The SMILES string of the molecule is CC1N(F)C(F)(F)C(F)(F)C(C)(F)C1(C)C. The highest BCUT2D eigenvalue weighted by atomic mass is 19.3. The molecule has 7 heteroatoms. The zero-order valence-electron chi connectivity index (χ0n) is 9.29. The molecule has 2 unspecified atom stereocenters. The van der Waals surface area contributed by atoms with Crippen LogP contribution in [0.15, 0.2) is 0 Å². The highest BCUT2D eigenvalue weighted by Gasteiger charge is 2.80. The average Bonchev–Trinajstić information content (AvgIpc) is 2.12. The third kappa shape index (κ3) is 1.18. The first-order valence-corrected chi connectivity index (χ1v) is 4.71. The van der Waals surface area contributed by atoms with Crippen molar-refractivity contribution >= 4 is 0 Å². The standard InChI is InChI=1S/C9H13F6N/c1-5-6(2,3)7(4,10)8(11,12)9(13,14)16(5)15/h5H,1-4H3. The van der Waals surface area contributed by atoms with Crippen LogP contribution in [0.5, 0.6) is 0 Å². The van der Waals surface area contributed by atoms with E-state index in [4.69, 9.17) is 0 Å². The fourth-order valence-electron chi connectivity index (χ4n) is 1.74. The molecule has 1 saturated heterocycles. The van der Waals surface area contributed by atoms with Crippen LogP contribution in [0.25, 0.3) is 0 Å². The Morgan fingerprint density at radius 1 is 0.938 bits per heavy atom. The second kappa shape index (κ2) is 3.05. The summed E-state index contributed by atoms with van der Waals surface area (Å²) in [4.78, 5) is 0. The van der Waals surface area contributed by atoms with Gasteiger partial charge in [0.1, 0.15) is 0 Å². The molecule has 0 aromatic heterocycles. The third-order valence-electron chi connectivity index (χ3n) is 3.83. The summed E-state index contributed by atoms with van der Waals surface area (Å²) in [6, 6.07) is -6.82. The Labute approximate surface area is 89.3 Å². The molecule has 0 spiro atoms. The summed E-state index contributed by atoms with van der Waals surface area (Å²) in [6.07, 6.45) is 0. The maximum absolute atomic E-state index is 13.9. The van der Waals surface area contributed by atoms with E-state index in [1.54, 1.807) is 0 Å². The lowest BCUT2D eigenvalue weighted by molar-refractivity contribution is -0.425. The Bertz CT molecular complexity index is 268. The van der Waals surface area contributed by atoms with Crippen LogP contribution >= 0.6 is 0 Å². The van der Waals surface area contributed by atoms with E-state index in [9.17, 15) is 26.4 Å². The van der Waals surface area contributed by atoms with Gasteiger partial charge in [-0.3, -0.25) is 0 Å². The zero-order chi connectivity index (χ0) is 13.2. The molecule has 0 N–H and O–H groups in total. The van der Waals surface area contributed by atoms with Gasteiger partial charge in [0.25, 0.3) is 0 Å². The molecule has 1 aliphatic heterocycles. The van der Waals surface area contributed by atoms with E-state index in [0.717, 1.165) is 20.8 Å². The van der Waals surface area contributed by atoms with Crippen LogP contribution in [0.1, 0.15) is 27.7 Å². The minimum atomic E-state index is -5.15. The van der Waals surface area contributed by atoms with Gasteiger partial charge in [-0.05, 0) is 13.8 Å². The topological polar surface area (TPSA) is 3.24 Å². The Morgan fingerprint density at radius 2 is 1.31 bits per heavy atom. The Morgan fingerprint density at radius 3 is 1.69 bits per heavy atom. The van der Waals surface area contributed by atoms with Gasteiger partial charge in [-0.2, -0.15) is 17.6 Å². The van der Waals surface area contributed by atoms with Crippen molar-refractivity contribution in [2.75, 3.05) is 0 Å². The molecule has 0 bridgehead atoms. The first-order chi connectivity index (χ1) is 6.82. The summed E-state index contributed by atoms with van der Waals surface area (Å²) >= 11 is 0. The smallest absolute Gasteiger partial charge is 0.237 e. The van der Waals surface area contributed by atoms with Crippen LogP contribution in [0, 0.1) is 5.41 Å². The lowest BCUT2D eigenvalue weighted by atomic mass is 9.65. The molecule has 0 amide bonds. The van der Waals surface area contributed by atoms with E-state index in [1.807, 2.05) is 0 Å². The van der Waals surface area contributed by atoms with Gasteiger partial charge >= 0.3 is 12.0 Å². The molecule has 1 nitrogen and oxygen atoms in total. The lowest BCUT2D eigenvalue weighted by Gasteiger charge is -2.55. The molecular weight excluding hydrogens is 236 g/mol. The van der Waals surface area contributed by atoms with E-state index in [0.29, 0.717) is 6.92 Å². The number of halogens is 6. The van der Waals surface area contributed by atoms with Gasteiger partial charge < -0.3 is 0 Å². The maximum Gasteiger partial charge on any atom is 0.396 e. The fraction of sp³-hybridized carbons (Fsp3) is 1.00. The number of hydrogen-bond acceptors (Lipinski definition) is 1. The summed E-state index contributed by atoms with van der Waals surface area (Å²) in [5.41, 5.74) is -5.46. The molecular formula is C9H13F6N. The number of alkyl halides is 5.